The Hall–Kier alpha value is -3.08. The molecule has 4 aromatic rings. The number of hydrogen-bond donors (Lipinski definition) is 0. The van der Waals surface area contributed by atoms with Crippen LogP contribution < -0.4 is 0 Å². The van der Waals surface area contributed by atoms with Crippen LogP contribution in [0.4, 0.5) is 0 Å². The van der Waals surface area contributed by atoms with Gasteiger partial charge in [0, 0.05) is 23.1 Å². The Morgan fingerprint density at radius 1 is 1.00 bits per heavy atom. The molecule has 3 aromatic carbocycles. The molecule has 4 nitrogen and oxygen atoms in total. The van der Waals surface area contributed by atoms with Crippen LogP contribution in [0.3, 0.4) is 0 Å². The first-order chi connectivity index (χ1) is 14.7. The molecule has 0 radical (unpaired) electrons. The summed E-state index contributed by atoms with van der Waals surface area (Å²) in [6.45, 7) is 2.08. The second-order valence-electron chi connectivity index (χ2n) is 6.84. The monoisotopic (exact) mass is 419 g/mol. The summed E-state index contributed by atoms with van der Waals surface area (Å²) >= 11 is 6.32. The van der Waals surface area contributed by atoms with Gasteiger partial charge >= 0.3 is 5.97 Å². The lowest BCUT2D eigenvalue weighted by Crippen LogP contribution is -2.15. The summed E-state index contributed by atoms with van der Waals surface area (Å²) in [5.41, 5.74) is 3.93. The number of methoxy groups -OCH3 is 1. The number of fused-ring (bicyclic) bond motifs is 1. The molecular formula is C25H22ClNO3. The second-order valence-corrected chi connectivity index (χ2v) is 7.28. The lowest BCUT2D eigenvalue weighted by atomic mass is 10.0. The normalized spacial score (nSPS) is 12.1. The van der Waals surface area contributed by atoms with Gasteiger partial charge in [0.25, 0.3) is 0 Å². The molecule has 0 aliphatic carbocycles. The molecule has 0 bridgehead atoms. The maximum atomic E-state index is 13.1. The molecule has 1 unspecified atom stereocenters. The molecule has 152 valence electrons. The van der Waals surface area contributed by atoms with E-state index in [9.17, 15) is 4.79 Å². The number of rotatable bonds is 6. The maximum absolute atomic E-state index is 13.1. The van der Waals surface area contributed by atoms with Gasteiger partial charge in [0.1, 0.15) is 0 Å². The Kier molecular flexibility index (Phi) is 5.88. The number of carbonyl (C=O) groups is 1. The molecule has 0 fully saturated rings. The van der Waals surface area contributed by atoms with Gasteiger partial charge < -0.3 is 14.0 Å². The molecule has 0 spiro atoms. The Balaban J connectivity index is 2.12. The molecule has 5 heteroatoms. The number of nitrogens with zero attached hydrogens (tertiary/aromatic N) is 1. The molecule has 0 amide bonds. The van der Waals surface area contributed by atoms with Crippen molar-refractivity contribution in [2.24, 2.45) is 0 Å². The van der Waals surface area contributed by atoms with Crippen molar-refractivity contribution in [2.45, 2.75) is 13.2 Å². The molecule has 1 heterocycles. The molecule has 0 N–H and O–H groups in total. The molecular weight excluding hydrogens is 398 g/mol. The fraction of sp³-hybridized carbons (Fsp3) is 0.160. The summed E-state index contributed by atoms with van der Waals surface area (Å²) in [4.78, 5) is 13.1. The van der Waals surface area contributed by atoms with Gasteiger partial charge in [0.2, 0.25) is 0 Å². The van der Waals surface area contributed by atoms with Gasteiger partial charge in [0.05, 0.1) is 23.4 Å². The highest BCUT2D eigenvalue weighted by atomic mass is 35.5. The van der Waals surface area contributed by atoms with Crippen LogP contribution in [0.25, 0.3) is 22.2 Å². The van der Waals surface area contributed by atoms with E-state index in [-0.39, 0.29) is 12.6 Å². The molecule has 0 aliphatic rings. The highest BCUT2D eigenvalue weighted by Gasteiger charge is 2.29. The minimum absolute atomic E-state index is 0.284. The fourth-order valence-corrected chi connectivity index (χ4v) is 4.00. The lowest BCUT2D eigenvalue weighted by molar-refractivity contribution is 0.0527. The van der Waals surface area contributed by atoms with Gasteiger partial charge in [-0.2, -0.15) is 0 Å². The molecule has 1 atom stereocenters. The van der Waals surface area contributed by atoms with Crippen molar-refractivity contribution in [3.05, 3.63) is 95.0 Å². The first-order valence-electron chi connectivity index (χ1n) is 9.79. The smallest absolute Gasteiger partial charge is 0.340 e. The third-order valence-electron chi connectivity index (χ3n) is 5.03. The SMILES string of the molecule is CCOC(=O)c1c(-c2ccccc2)n(C(OC)c2ccccc2)c2ccc(Cl)cc12. The van der Waals surface area contributed by atoms with Crippen LogP contribution >= 0.6 is 11.6 Å². The average Bonchev–Trinajstić information content (AvgIpc) is 3.10. The standard InChI is InChI=1S/C25H22ClNO3/c1-3-30-25(28)22-20-16-19(26)14-15-21(20)27(23(22)17-10-6-4-7-11-17)24(29-2)18-12-8-5-9-13-18/h4-16,24H,3H2,1-2H3. The third-order valence-corrected chi connectivity index (χ3v) is 5.27. The zero-order valence-corrected chi connectivity index (χ0v) is 17.6. The molecule has 0 saturated heterocycles. The number of hydrogen-bond acceptors (Lipinski definition) is 3. The van der Waals surface area contributed by atoms with Crippen LogP contribution in [-0.2, 0) is 9.47 Å². The number of ether oxygens (including phenoxy) is 2. The van der Waals surface area contributed by atoms with E-state index in [1.54, 1.807) is 14.0 Å². The van der Waals surface area contributed by atoms with Gasteiger partial charge in [-0.1, -0.05) is 72.3 Å². The summed E-state index contributed by atoms with van der Waals surface area (Å²) in [5, 5.41) is 1.29. The van der Waals surface area contributed by atoms with Gasteiger partial charge in [-0.3, -0.25) is 0 Å². The van der Waals surface area contributed by atoms with E-state index in [0.29, 0.717) is 10.6 Å². The number of benzene rings is 3. The van der Waals surface area contributed by atoms with E-state index >= 15 is 0 Å². The van der Waals surface area contributed by atoms with E-state index in [1.807, 2.05) is 83.4 Å². The van der Waals surface area contributed by atoms with Crippen molar-refractivity contribution in [1.29, 1.82) is 0 Å². The van der Waals surface area contributed by atoms with E-state index < -0.39 is 6.23 Å². The zero-order chi connectivity index (χ0) is 21.1. The minimum atomic E-state index is -0.437. The number of halogens is 1. The summed E-state index contributed by atoms with van der Waals surface area (Å²) in [6.07, 6.45) is -0.437. The fourth-order valence-electron chi connectivity index (χ4n) is 3.83. The van der Waals surface area contributed by atoms with Gasteiger partial charge in [-0.15, -0.1) is 0 Å². The Bertz CT molecular complexity index is 1170. The van der Waals surface area contributed by atoms with Crippen LogP contribution in [0.5, 0.6) is 0 Å². The van der Waals surface area contributed by atoms with Gasteiger partial charge in [0.15, 0.2) is 6.23 Å². The Morgan fingerprint density at radius 3 is 2.30 bits per heavy atom. The highest BCUT2D eigenvalue weighted by Crippen LogP contribution is 2.39. The lowest BCUT2D eigenvalue weighted by Gasteiger charge is -2.22. The van der Waals surface area contributed by atoms with E-state index in [0.717, 1.165) is 27.7 Å². The summed E-state index contributed by atoms with van der Waals surface area (Å²) in [7, 11) is 1.66. The Labute approximate surface area is 180 Å². The van der Waals surface area contributed by atoms with Crippen molar-refractivity contribution in [3.63, 3.8) is 0 Å². The van der Waals surface area contributed by atoms with Crippen molar-refractivity contribution >= 4 is 28.5 Å². The van der Waals surface area contributed by atoms with E-state index in [1.165, 1.54) is 0 Å². The first-order valence-corrected chi connectivity index (χ1v) is 10.2. The van der Waals surface area contributed by atoms with Gasteiger partial charge in [-0.05, 0) is 30.7 Å². The van der Waals surface area contributed by atoms with Crippen molar-refractivity contribution < 1.29 is 14.3 Å². The van der Waals surface area contributed by atoms with Crippen LogP contribution in [-0.4, -0.2) is 24.3 Å². The Morgan fingerprint density at radius 2 is 1.67 bits per heavy atom. The number of carbonyl (C=O) groups excluding carboxylic acids is 1. The second kappa shape index (κ2) is 8.74. The molecule has 4 rings (SSSR count). The topological polar surface area (TPSA) is 40.5 Å². The van der Waals surface area contributed by atoms with Crippen LogP contribution in [0.1, 0.15) is 29.1 Å². The highest BCUT2D eigenvalue weighted by molar-refractivity contribution is 6.31. The predicted molar refractivity (Wildman–Crippen MR) is 120 cm³/mol. The minimum Gasteiger partial charge on any atom is -0.462 e. The number of aromatic nitrogens is 1. The van der Waals surface area contributed by atoms with Crippen molar-refractivity contribution in [3.8, 4) is 11.3 Å². The summed E-state index contributed by atoms with van der Waals surface area (Å²) in [5.74, 6) is -0.384. The molecule has 0 saturated carbocycles. The summed E-state index contributed by atoms with van der Waals surface area (Å²) < 4.78 is 13.4. The van der Waals surface area contributed by atoms with Crippen molar-refractivity contribution in [1.82, 2.24) is 4.57 Å². The van der Waals surface area contributed by atoms with Crippen molar-refractivity contribution in [2.75, 3.05) is 13.7 Å². The summed E-state index contributed by atoms with van der Waals surface area (Å²) in [6, 6.07) is 25.3. The van der Waals surface area contributed by atoms with E-state index in [2.05, 4.69) is 0 Å². The first kappa shape index (κ1) is 20.2. The predicted octanol–water partition coefficient (Wildman–Crippen LogP) is 6.33. The molecule has 30 heavy (non-hydrogen) atoms. The molecule has 1 aromatic heterocycles. The largest absolute Gasteiger partial charge is 0.462 e. The van der Waals surface area contributed by atoms with Crippen LogP contribution in [0, 0.1) is 0 Å². The quantitative estimate of drug-likeness (QED) is 0.343. The van der Waals surface area contributed by atoms with E-state index in [4.69, 9.17) is 21.1 Å². The molecule has 0 aliphatic heterocycles. The average molecular weight is 420 g/mol. The van der Waals surface area contributed by atoms with Gasteiger partial charge in [-0.25, -0.2) is 4.79 Å². The zero-order valence-electron chi connectivity index (χ0n) is 16.8. The maximum Gasteiger partial charge on any atom is 0.340 e. The third kappa shape index (κ3) is 3.60. The van der Waals surface area contributed by atoms with Crippen LogP contribution in [0.2, 0.25) is 5.02 Å². The number of esters is 1. The van der Waals surface area contributed by atoms with Crippen LogP contribution in [0.15, 0.2) is 78.9 Å².